The molecule has 1 unspecified atom stereocenters. The molecule has 0 bridgehead atoms. The number of aliphatic hydroxyl groups is 1. The predicted octanol–water partition coefficient (Wildman–Crippen LogP) is -0.468. The van der Waals surface area contributed by atoms with Crippen molar-refractivity contribution < 1.29 is 27.8 Å². The number of halogens is 3. The second kappa shape index (κ2) is 5.65. The lowest BCUT2D eigenvalue weighted by molar-refractivity contribution is -0.202. The summed E-state index contributed by atoms with van der Waals surface area (Å²) in [7, 11) is 0. The van der Waals surface area contributed by atoms with Crippen LogP contribution in [0.3, 0.4) is 0 Å². The number of carbonyl (C=O) groups is 1. The SMILES string of the molecule is NC[C@H]1CC[C@@H](C(=O)NCC(O)C(F)(F)F)O1. The molecule has 3 atom stereocenters. The van der Waals surface area contributed by atoms with Crippen LogP contribution in [0, 0.1) is 0 Å². The second-order valence-corrected chi connectivity index (χ2v) is 3.86. The molecule has 0 aliphatic carbocycles. The monoisotopic (exact) mass is 256 g/mol. The average Bonchev–Trinajstić information content (AvgIpc) is 2.72. The molecule has 1 aliphatic rings. The van der Waals surface area contributed by atoms with Crippen molar-refractivity contribution in [2.75, 3.05) is 13.1 Å². The first-order valence-corrected chi connectivity index (χ1v) is 5.22. The molecule has 100 valence electrons. The minimum absolute atomic E-state index is 0.224. The lowest BCUT2D eigenvalue weighted by atomic mass is 10.2. The summed E-state index contributed by atoms with van der Waals surface area (Å²) >= 11 is 0. The second-order valence-electron chi connectivity index (χ2n) is 3.86. The van der Waals surface area contributed by atoms with Gasteiger partial charge in [0.25, 0.3) is 0 Å². The van der Waals surface area contributed by atoms with E-state index in [9.17, 15) is 18.0 Å². The van der Waals surface area contributed by atoms with Crippen LogP contribution in [0.25, 0.3) is 0 Å². The van der Waals surface area contributed by atoms with E-state index in [0.29, 0.717) is 12.8 Å². The Labute approximate surface area is 96.1 Å². The van der Waals surface area contributed by atoms with Crippen molar-refractivity contribution in [2.24, 2.45) is 5.73 Å². The Morgan fingerprint density at radius 1 is 1.53 bits per heavy atom. The molecule has 8 heteroatoms. The number of amides is 1. The van der Waals surface area contributed by atoms with Gasteiger partial charge in [0.1, 0.15) is 6.10 Å². The van der Waals surface area contributed by atoms with Gasteiger partial charge in [0.15, 0.2) is 6.10 Å². The normalized spacial score (nSPS) is 26.9. The first kappa shape index (κ1) is 14.2. The van der Waals surface area contributed by atoms with Crippen LogP contribution in [0.15, 0.2) is 0 Å². The summed E-state index contributed by atoms with van der Waals surface area (Å²) in [5.41, 5.74) is 5.33. The number of aliphatic hydroxyl groups excluding tert-OH is 1. The molecule has 17 heavy (non-hydrogen) atoms. The highest BCUT2D eigenvalue weighted by Crippen LogP contribution is 2.21. The molecule has 0 radical (unpaired) electrons. The molecule has 0 saturated carbocycles. The van der Waals surface area contributed by atoms with Crippen molar-refractivity contribution in [2.45, 2.75) is 37.3 Å². The fourth-order valence-corrected chi connectivity index (χ4v) is 1.50. The van der Waals surface area contributed by atoms with E-state index in [0.717, 1.165) is 0 Å². The van der Waals surface area contributed by atoms with E-state index in [1.807, 2.05) is 5.32 Å². The molecule has 1 rings (SSSR count). The van der Waals surface area contributed by atoms with E-state index in [2.05, 4.69) is 0 Å². The van der Waals surface area contributed by atoms with E-state index in [-0.39, 0.29) is 12.6 Å². The number of hydrogen-bond donors (Lipinski definition) is 3. The molecule has 0 aromatic rings. The van der Waals surface area contributed by atoms with Gasteiger partial charge in [0, 0.05) is 6.54 Å². The summed E-state index contributed by atoms with van der Waals surface area (Å²) in [5.74, 6) is -0.649. The zero-order chi connectivity index (χ0) is 13.1. The highest BCUT2D eigenvalue weighted by molar-refractivity contribution is 5.81. The van der Waals surface area contributed by atoms with Gasteiger partial charge < -0.3 is 20.9 Å². The number of nitrogens with two attached hydrogens (primary N) is 1. The van der Waals surface area contributed by atoms with E-state index in [1.165, 1.54) is 0 Å². The van der Waals surface area contributed by atoms with Gasteiger partial charge in [0.2, 0.25) is 5.91 Å². The molecule has 1 amide bonds. The summed E-state index contributed by atoms with van der Waals surface area (Å²) in [6.45, 7) is -0.593. The zero-order valence-electron chi connectivity index (χ0n) is 9.04. The average molecular weight is 256 g/mol. The van der Waals surface area contributed by atoms with Gasteiger partial charge in [-0.05, 0) is 12.8 Å². The van der Waals surface area contributed by atoms with Crippen molar-refractivity contribution in [3.05, 3.63) is 0 Å². The van der Waals surface area contributed by atoms with E-state index < -0.39 is 30.8 Å². The van der Waals surface area contributed by atoms with Gasteiger partial charge in [-0.25, -0.2) is 0 Å². The summed E-state index contributed by atoms with van der Waals surface area (Å²) in [6, 6.07) is 0. The van der Waals surface area contributed by atoms with Crippen molar-refractivity contribution in [1.82, 2.24) is 5.32 Å². The Morgan fingerprint density at radius 3 is 2.65 bits per heavy atom. The van der Waals surface area contributed by atoms with Crippen LogP contribution in [0.4, 0.5) is 13.2 Å². The van der Waals surface area contributed by atoms with Crippen molar-refractivity contribution >= 4 is 5.91 Å². The van der Waals surface area contributed by atoms with Gasteiger partial charge in [0.05, 0.1) is 12.6 Å². The third-order valence-corrected chi connectivity index (χ3v) is 2.51. The Bertz CT molecular complexity index is 273. The van der Waals surface area contributed by atoms with E-state index in [1.54, 1.807) is 0 Å². The Kier molecular flexibility index (Phi) is 4.72. The Balaban J connectivity index is 2.31. The maximum absolute atomic E-state index is 11.9. The summed E-state index contributed by atoms with van der Waals surface area (Å²) < 4.78 is 41.0. The molecule has 4 N–H and O–H groups in total. The maximum atomic E-state index is 11.9. The van der Waals surface area contributed by atoms with Crippen LogP contribution in [0.2, 0.25) is 0 Å². The van der Waals surface area contributed by atoms with Crippen LogP contribution >= 0.6 is 0 Å². The van der Waals surface area contributed by atoms with Crippen molar-refractivity contribution in [1.29, 1.82) is 0 Å². The van der Waals surface area contributed by atoms with Crippen LogP contribution < -0.4 is 11.1 Å². The molecule has 1 heterocycles. The quantitative estimate of drug-likeness (QED) is 0.635. The Hall–Kier alpha value is -0.860. The van der Waals surface area contributed by atoms with E-state index in [4.69, 9.17) is 15.6 Å². The first-order valence-electron chi connectivity index (χ1n) is 5.22. The van der Waals surface area contributed by atoms with Crippen LogP contribution in [0.1, 0.15) is 12.8 Å². The minimum atomic E-state index is -4.73. The number of hydrogen-bond acceptors (Lipinski definition) is 4. The molecular weight excluding hydrogens is 241 g/mol. The van der Waals surface area contributed by atoms with Gasteiger partial charge in [-0.3, -0.25) is 4.79 Å². The molecule has 1 fully saturated rings. The van der Waals surface area contributed by atoms with Crippen molar-refractivity contribution in [3.63, 3.8) is 0 Å². The van der Waals surface area contributed by atoms with Crippen LogP contribution in [0.5, 0.6) is 0 Å². The predicted molar refractivity (Wildman–Crippen MR) is 52.0 cm³/mol. The molecule has 0 aromatic carbocycles. The smallest absolute Gasteiger partial charge is 0.382 e. The molecule has 1 aliphatic heterocycles. The fraction of sp³-hybridized carbons (Fsp3) is 0.889. The molecule has 5 nitrogen and oxygen atoms in total. The topological polar surface area (TPSA) is 84.6 Å². The minimum Gasteiger partial charge on any atom is -0.382 e. The molecular formula is C9H15F3N2O3. The number of rotatable bonds is 4. The van der Waals surface area contributed by atoms with Crippen LogP contribution in [-0.4, -0.2) is 48.6 Å². The maximum Gasteiger partial charge on any atom is 0.416 e. The zero-order valence-corrected chi connectivity index (χ0v) is 9.04. The van der Waals surface area contributed by atoms with Gasteiger partial charge in [-0.2, -0.15) is 13.2 Å². The number of carbonyl (C=O) groups excluding carboxylic acids is 1. The molecule has 0 spiro atoms. The Morgan fingerprint density at radius 2 is 2.18 bits per heavy atom. The lowest BCUT2D eigenvalue weighted by Crippen LogP contribution is -2.44. The number of alkyl halides is 3. The highest BCUT2D eigenvalue weighted by Gasteiger charge is 2.39. The lowest BCUT2D eigenvalue weighted by Gasteiger charge is -2.17. The largest absolute Gasteiger partial charge is 0.416 e. The first-order chi connectivity index (χ1) is 7.84. The number of nitrogens with one attached hydrogen (secondary N) is 1. The van der Waals surface area contributed by atoms with Crippen LogP contribution in [-0.2, 0) is 9.53 Å². The van der Waals surface area contributed by atoms with Gasteiger partial charge >= 0.3 is 6.18 Å². The summed E-state index contributed by atoms with van der Waals surface area (Å²) in [5, 5.41) is 10.7. The molecule has 1 saturated heterocycles. The number of ether oxygens (including phenoxy) is 1. The standard InChI is InChI=1S/C9H15F3N2O3/c10-9(11,12)7(15)4-14-8(16)6-2-1-5(3-13)17-6/h5-7,15H,1-4,13H2,(H,14,16)/t5-,6+,7?/m1/s1. The van der Waals surface area contributed by atoms with Gasteiger partial charge in [-0.15, -0.1) is 0 Å². The van der Waals surface area contributed by atoms with Gasteiger partial charge in [-0.1, -0.05) is 0 Å². The van der Waals surface area contributed by atoms with E-state index >= 15 is 0 Å². The fourth-order valence-electron chi connectivity index (χ4n) is 1.50. The highest BCUT2D eigenvalue weighted by atomic mass is 19.4. The molecule has 0 aromatic heterocycles. The summed E-state index contributed by atoms with van der Waals surface area (Å²) in [6.07, 6.45) is -7.25. The van der Waals surface area contributed by atoms with Crippen molar-refractivity contribution in [3.8, 4) is 0 Å². The summed E-state index contributed by atoms with van der Waals surface area (Å²) in [4.78, 5) is 11.4. The third kappa shape index (κ3) is 4.14. The third-order valence-electron chi connectivity index (χ3n) is 2.51.